The third kappa shape index (κ3) is 4.59. The zero-order chi connectivity index (χ0) is 19.2. The summed E-state index contributed by atoms with van der Waals surface area (Å²) in [7, 11) is 1.61. The average Bonchev–Trinajstić information content (AvgIpc) is 3.07. The lowest BCUT2D eigenvalue weighted by molar-refractivity contribution is -0.119. The normalized spacial score (nSPS) is 11.8. The summed E-state index contributed by atoms with van der Waals surface area (Å²) < 4.78 is 6.54. The van der Waals surface area contributed by atoms with Crippen molar-refractivity contribution >= 4 is 17.7 Å². The van der Waals surface area contributed by atoms with Crippen molar-refractivity contribution in [1.82, 2.24) is 20.2 Å². The van der Waals surface area contributed by atoms with Gasteiger partial charge in [-0.1, -0.05) is 42.1 Å². The number of hydrogen-bond acceptors (Lipinski definition) is 6. The number of ether oxygens (including phenoxy) is 1. The third-order valence-electron chi connectivity index (χ3n) is 4.02. The topological polar surface area (TPSA) is 95.1 Å². The summed E-state index contributed by atoms with van der Waals surface area (Å²) in [5, 5.41) is 11.6. The van der Waals surface area contributed by atoms with E-state index < -0.39 is 0 Å². The molecule has 0 radical (unpaired) electrons. The second-order valence-electron chi connectivity index (χ2n) is 5.89. The summed E-state index contributed by atoms with van der Waals surface area (Å²) in [5.41, 5.74) is 1.87. The predicted molar refractivity (Wildman–Crippen MR) is 106 cm³/mol. The molecule has 0 saturated heterocycles. The van der Waals surface area contributed by atoms with Crippen molar-refractivity contribution in [3.63, 3.8) is 0 Å². The Labute approximate surface area is 161 Å². The van der Waals surface area contributed by atoms with E-state index in [1.165, 1.54) is 16.4 Å². The number of methoxy groups -OCH3 is 1. The van der Waals surface area contributed by atoms with Crippen molar-refractivity contribution in [2.75, 3.05) is 18.7 Å². The van der Waals surface area contributed by atoms with Crippen molar-refractivity contribution in [1.29, 1.82) is 0 Å². The van der Waals surface area contributed by atoms with Crippen LogP contribution < -0.4 is 15.9 Å². The molecular weight excluding hydrogens is 362 g/mol. The Kier molecular flexibility index (Phi) is 5.97. The Bertz CT molecular complexity index is 896. The maximum absolute atomic E-state index is 12.2. The lowest BCUT2D eigenvalue weighted by atomic mass is 10.1. The van der Waals surface area contributed by atoms with Gasteiger partial charge in [0, 0.05) is 5.56 Å². The zero-order valence-corrected chi connectivity index (χ0v) is 15.9. The number of benzene rings is 2. The smallest absolute Gasteiger partial charge is 0.230 e. The van der Waals surface area contributed by atoms with Gasteiger partial charge in [0.25, 0.3) is 0 Å². The Hall–Kier alpha value is -3.00. The molecule has 0 spiro atoms. The molecule has 1 amide bonds. The molecule has 1 heterocycles. The first kappa shape index (κ1) is 18.8. The van der Waals surface area contributed by atoms with Crippen LogP contribution in [0.1, 0.15) is 18.5 Å². The van der Waals surface area contributed by atoms with Gasteiger partial charge in [0.2, 0.25) is 11.1 Å². The monoisotopic (exact) mass is 383 g/mol. The van der Waals surface area contributed by atoms with Crippen LogP contribution in [0.4, 0.5) is 0 Å². The van der Waals surface area contributed by atoms with Gasteiger partial charge in [0.05, 0.1) is 18.9 Å². The Morgan fingerprint density at radius 3 is 2.56 bits per heavy atom. The molecule has 0 bridgehead atoms. The summed E-state index contributed by atoms with van der Waals surface area (Å²) in [4.78, 5) is 12.2. The molecule has 3 rings (SSSR count). The molecule has 0 fully saturated rings. The molecule has 140 valence electrons. The van der Waals surface area contributed by atoms with Gasteiger partial charge in [-0.2, -0.15) is 0 Å². The summed E-state index contributed by atoms with van der Waals surface area (Å²) in [6, 6.07) is 17.1. The van der Waals surface area contributed by atoms with E-state index in [4.69, 9.17) is 10.6 Å². The van der Waals surface area contributed by atoms with Crippen LogP contribution in [0.15, 0.2) is 59.8 Å². The lowest BCUT2D eigenvalue weighted by Crippen LogP contribution is -2.28. The fraction of sp³-hybridized carbons (Fsp3) is 0.211. The van der Waals surface area contributed by atoms with E-state index in [2.05, 4.69) is 15.5 Å². The van der Waals surface area contributed by atoms with Gasteiger partial charge in [-0.3, -0.25) is 4.79 Å². The molecule has 7 nitrogen and oxygen atoms in total. The minimum absolute atomic E-state index is 0.0649. The largest absolute Gasteiger partial charge is 0.497 e. The number of nitrogens with zero attached hydrogens (tertiary/aromatic N) is 3. The fourth-order valence-corrected chi connectivity index (χ4v) is 3.22. The second kappa shape index (κ2) is 8.59. The van der Waals surface area contributed by atoms with E-state index in [1.807, 2.05) is 61.5 Å². The number of nitrogen functional groups attached to an aromatic ring is 1. The van der Waals surface area contributed by atoms with Gasteiger partial charge >= 0.3 is 0 Å². The van der Waals surface area contributed by atoms with Crippen LogP contribution >= 0.6 is 11.8 Å². The van der Waals surface area contributed by atoms with Gasteiger partial charge in [0.15, 0.2) is 5.82 Å². The van der Waals surface area contributed by atoms with Gasteiger partial charge in [-0.25, -0.2) is 4.68 Å². The molecule has 0 saturated carbocycles. The fourth-order valence-electron chi connectivity index (χ4n) is 2.55. The number of rotatable bonds is 7. The molecule has 1 aromatic heterocycles. The number of hydrogen-bond donors (Lipinski definition) is 2. The molecular formula is C19H21N5O2S. The third-order valence-corrected chi connectivity index (χ3v) is 4.97. The SMILES string of the molecule is COc1ccc(-c2nnc(SCC(=O)N[C@H](C)c3ccccc3)n2N)cc1. The van der Waals surface area contributed by atoms with Gasteiger partial charge in [-0.15, -0.1) is 10.2 Å². The van der Waals surface area contributed by atoms with E-state index in [1.54, 1.807) is 7.11 Å². The van der Waals surface area contributed by atoms with E-state index in [-0.39, 0.29) is 17.7 Å². The standard InChI is InChI=1S/C19H21N5O2S/c1-13(14-6-4-3-5-7-14)21-17(25)12-27-19-23-22-18(24(19)20)15-8-10-16(26-2)11-9-15/h3-11,13H,12,20H2,1-2H3,(H,21,25)/t13-/m1/s1. The first-order valence-corrected chi connectivity index (χ1v) is 9.39. The van der Waals surface area contributed by atoms with Crippen LogP contribution in [0.25, 0.3) is 11.4 Å². The number of carbonyl (C=O) groups excluding carboxylic acids is 1. The van der Waals surface area contributed by atoms with Crippen LogP contribution in [0.2, 0.25) is 0 Å². The first-order valence-electron chi connectivity index (χ1n) is 8.40. The molecule has 1 atom stereocenters. The van der Waals surface area contributed by atoms with Crippen molar-refractivity contribution in [2.45, 2.75) is 18.1 Å². The highest BCUT2D eigenvalue weighted by Crippen LogP contribution is 2.23. The maximum atomic E-state index is 12.2. The maximum Gasteiger partial charge on any atom is 0.230 e. The summed E-state index contributed by atoms with van der Waals surface area (Å²) >= 11 is 1.24. The minimum Gasteiger partial charge on any atom is -0.497 e. The van der Waals surface area contributed by atoms with Crippen molar-refractivity contribution in [3.05, 3.63) is 60.2 Å². The van der Waals surface area contributed by atoms with Crippen LogP contribution in [0, 0.1) is 0 Å². The van der Waals surface area contributed by atoms with Crippen LogP contribution in [-0.4, -0.2) is 33.6 Å². The number of amides is 1. The van der Waals surface area contributed by atoms with E-state index >= 15 is 0 Å². The predicted octanol–water partition coefficient (Wildman–Crippen LogP) is 2.64. The van der Waals surface area contributed by atoms with Gasteiger partial charge in [0.1, 0.15) is 5.75 Å². The first-order chi connectivity index (χ1) is 13.1. The van der Waals surface area contributed by atoms with Crippen molar-refractivity contribution in [2.24, 2.45) is 0 Å². The van der Waals surface area contributed by atoms with Crippen LogP contribution in [0.5, 0.6) is 5.75 Å². The Morgan fingerprint density at radius 1 is 1.19 bits per heavy atom. The average molecular weight is 383 g/mol. The molecule has 0 aliphatic heterocycles. The highest BCUT2D eigenvalue weighted by atomic mass is 32.2. The molecule has 3 aromatic rings. The molecule has 3 N–H and O–H groups in total. The van der Waals surface area contributed by atoms with Crippen molar-refractivity contribution in [3.8, 4) is 17.1 Å². The highest BCUT2D eigenvalue weighted by molar-refractivity contribution is 7.99. The van der Waals surface area contributed by atoms with Crippen molar-refractivity contribution < 1.29 is 9.53 Å². The molecule has 8 heteroatoms. The Balaban J connectivity index is 1.59. The Morgan fingerprint density at radius 2 is 1.89 bits per heavy atom. The summed E-state index contributed by atoms with van der Waals surface area (Å²) in [5.74, 6) is 7.48. The minimum atomic E-state index is -0.0923. The quantitative estimate of drug-likeness (QED) is 0.481. The number of nitrogens with one attached hydrogen (secondary N) is 1. The number of nitrogens with two attached hydrogens (primary N) is 1. The van der Waals surface area contributed by atoms with Crippen LogP contribution in [-0.2, 0) is 4.79 Å². The molecule has 27 heavy (non-hydrogen) atoms. The number of aromatic nitrogens is 3. The van der Waals surface area contributed by atoms with E-state index in [0.717, 1.165) is 16.9 Å². The molecule has 2 aromatic carbocycles. The lowest BCUT2D eigenvalue weighted by Gasteiger charge is -2.13. The summed E-state index contributed by atoms with van der Waals surface area (Å²) in [6.45, 7) is 1.95. The van der Waals surface area contributed by atoms with Crippen LogP contribution in [0.3, 0.4) is 0 Å². The molecule has 0 unspecified atom stereocenters. The highest BCUT2D eigenvalue weighted by Gasteiger charge is 2.15. The number of carbonyl (C=O) groups is 1. The molecule has 0 aliphatic rings. The zero-order valence-electron chi connectivity index (χ0n) is 15.1. The summed E-state index contributed by atoms with van der Waals surface area (Å²) in [6.07, 6.45) is 0. The van der Waals surface area contributed by atoms with Gasteiger partial charge < -0.3 is 15.9 Å². The second-order valence-corrected chi connectivity index (χ2v) is 6.84. The van der Waals surface area contributed by atoms with E-state index in [0.29, 0.717) is 11.0 Å². The van der Waals surface area contributed by atoms with E-state index in [9.17, 15) is 4.79 Å². The molecule has 0 aliphatic carbocycles. The van der Waals surface area contributed by atoms with Gasteiger partial charge in [-0.05, 0) is 36.8 Å². The number of thioether (sulfide) groups is 1.